The van der Waals surface area contributed by atoms with Gasteiger partial charge < -0.3 is 4.98 Å². The topological polar surface area (TPSA) is 15.8 Å². The van der Waals surface area contributed by atoms with Gasteiger partial charge in [0.2, 0.25) is 0 Å². The Morgan fingerprint density at radius 3 is 3.00 bits per heavy atom. The van der Waals surface area contributed by atoms with Crippen molar-refractivity contribution in [3.05, 3.63) is 36.2 Å². The number of nitrogens with one attached hydrogen (secondary N) is 1. The molecule has 0 aliphatic rings. The van der Waals surface area contributed by atoms with Crippen molar-refractivity contribution in [3.63, 3.8) is 0 Å². The van der Waals surface area contributed by atoms with Gasteiger partial charge in [0.05, 0.1) is 0 Å². The Kier molecular flexibility index (Phi) is 1.73. The average molecular weight is 121 g/mol. The summed E-state index contributed by atoms with van der Waals surface area (Å²) in [5.74, 6) is 0. The molecule has 48 valence electrons. The number of allylic oxidation sites excluding steroid dienone is 1. The van der Waals surface area contributed by atoms with Crippen molar-refractivity contribution in [1.29, 1.82) is 0 Å². The Bertz CT molecular complexity index is 198. The lowest BCUT2D eigenvalue weighted by Gasteiger charge is -1.90. The van der Waals surface area contributed by atoms with Crippen LogP contribution in [-0.4, -0.2) is 4.98 Å². The number of aryl methyl sites for hydroxylation is 1. The molecule has 1 heterocycles. The van der Waals surface area contributed by atoms with E-state index in [1.54, 1.807) is 0 Å². The van der Waals surface area contributed by atoms with Gasteiger partial charge >= 0.3 is 0 Å². The first-order chi connectivity index (χ1) is 4.34. The minimum Gasteiger partial charge on any atom is -0.365 e. The smallest absolute Gasteiger partial charge is 0.0151 e. The molecule has 0 unspecified atom stereocenters. The third-order valence-electron chi connectivity index (χ3n) is 1.43. The van der Waals surface area contributed by atoms with Crippen molar-refractivity contribution in [3.8, 4) is 0 Å². The second-order valence-electron chi connectivity index (χ2n) is 2.12. The average Bonchev–Trinajstić information content (AvgIpc) is 2.18. The number of hydrogen-bond acceptors (Lipinski definition) is 0. The molecule has 0 radical (unpaired) electrons. The lowest BCUT2D eigenvalue weighted by atomic mass is 10.2. The number of aromatic amines is 1. The Labute approximate surface area is 55.4 Å². The summed E-state index contributed by atoms with van der Waals surface area (Å²) in [5.41, 5.74) is 2.58. The van der Waals surface area contributed by atoms with Crippen molar-refractivity contribution in [2.45, 2.75) is 13.3 Å². The Morgan fingerprint density at radius 2 is 2.56 bits per heavy atom. The van der Waals surface area contributed by atoms with Gasteiger partial charge in [-0.2, -0.15) is 0 Å². The van der Waals surface area contributed by atoms with Gasteiger partial charge in [-0.3, -0.25) is 0 Å². The number of H-pyrrole nitrogens is 1. The molecule has 0 saturated heterocycles. The second kappa shape index (κ2) is 2.53. The highest BCUT2D eigenvalue weighted by molar-refractivity contribution is 5.20. The van der Waals surface area contributed by atoms with Crippen molar-refractivity contribution >= 4 is 0 Å². The standard InChI is InChI=1S/C8H11N/c1-3-4-8-5-6-9-7(8)2/h3,5-6,9H,1,4H2,2H3. The van der Waals surface area contributed by atoms with E-state index in [9.17, 15) is 0 Å². The van der Waals surface area contributed by atoms with Gasteiger partial charge in [0.1, 0.15) is 0 Å². The summed E-state index contributed by atoms with van der Waals surface area (Å²) in [6, 6.07) is 2.08. The highest BCUT2D eigenvalue weighted by Crippen LogP contribution is 2.04. The van der Waals surface area contributed by atoms with Crippen LogP contribution in [0.2, 0.25) is 0 Å². The van der Waals surface area contributed by atoms with Crippen LogP contribution in [0.25, 0.3) is 0 Å². The predicted molar refractivity (Wildman–Crippen MR) is 39.4 cm³/mol. The van der Waals surface area contributed by atoms with Crippen LogP contribution in [0, 0.1) is 6.92 Å². The lowest BCUT2D eigenvalue weighted by Crippen LogP contribution is -1.79. The molecule has 1 aromatic heterocycles. The third kappa shape index (κ3) is 1.22. The van der Waals surface area contributed by atoms with Crippen molar-refractivity contribution in [2.75, 3.05) is 0 Å². The zero-order valence-electron chi connectivity index (χ0n) is 5.65. The van der Waals surface area contributed by atoms with Crippen LogP contribution in [-0.2, 0) is 6.42 Å². The van der Waals surface area contributed by atoms with E-state index in [-0.39, 0.29) is 0 Å². The van der Waals surface area contributed by atoms with Gasteiger partial charge in [0.25, 0.3) is 0 Å². The summed E-state index contributed by atoms with van der Waals surface area (Å²) in [5, 5.41) is 0. The summed E-state index contributed by atoms with van der Waals surface area (Å²) < 4.78 is 0. The molecular formula is C8H11N. The number of rotatable bonds is 2. The number of aromatic nitrogens is 1. The van der Waals surface area contributed by atoms with Crippen molar-refractivity contribution in [1.82, 2.24) is 4.98 Å². The summed E-state index contributed by atoms with van der Waals surface area (Å²) in [6.07, 6.45) is 4.83. The molecule has 1 nitrogen and oxygen atoms in total. The van der Waals surface area contributed by atoms with Crippen LogP contribution >= 0.6 is 0 Å². The maximum Gasteiger partial charge on any atom is 0.0151 e. The van der Waals surface area contributed by atoms with E-state index < -0.39 is 0 Å². The summed E-state index contributed by atoms with van der Waals surface area (Å²) in [4.78, 5) is 3.11. The zero-order valence-corrected chi connectivity index (χ0v) is 5.65. The van der Waals surface area contributed by atoms with Gasteiger partial charge in [0.15, 0.2) is 0 Å². The van der Waals surface area contributed by atoms with E-state index in [1.807, 2.05) is 12.3 Å². The third-order valence-corrected chi connectivity index (χ3v) is 1.43. The minimum absolute atomic E-state index is 0.968. The molecule has 9 heavy (non-hydrogen) atoms. The first kappa shape index (κ1) is 6.14. The first-order valence-electron chi connectivity index (χ1n) is 3.08. The van der Waals surface area contributed by atoms with E-state index in [0.29, 0.717) is 0 Å². The van der Waals surface area contributed by atoms with Crippen molar-refractivity contribution in [2.24, 2.45) is 0 Å². The monoisotopic (exact) mass is 121 g/mol. The Balaban J connectivity index is 2.80. The molecule has 0 saturated carbocycles. The summed E-state index contributed by atoms with van der Waals surface area (Å²) in [7, 11) is 0. The highest BCUT2D eigenvalue weighted by atomic mass is 14.7. The fraction of sp³-hybridized carbons (Fsp3) is 0.250. The van der Waals surface area contributed by atoms with Crippen molar-refractivity contribution < 1.29 is 0 Å². The molecule has 0 spiro atoms. The molecular weight excluding hydrogens is 110 g/mol. The van der Waals surface area contributed by atoms with Crippen LogP contribution < -0.4 is 0 Å². The van der Waals surface area contributed by atoms with E-state index >= 15 is 0 Å². The minimum atomic E-state index is 0.968. The van der Waals surface area contributed by atoms with E-state index in [0.717, 1.165) is 6.42 Å². The maximum atomic E-state index is 3.66. The summed E-state index contributed by atoms with van der Waals surface area (Å²) in [6.45, 7) is 5.73. The SMILES string of the molecule is C=CCc1cc[nH]c1C. The van der Waals surface area contributed by atoms with Gasteiger partial charge in [-0.05, 0) is 25.0 Å². The molecule has 0 bridgehead atoms. The molecule has 0 aromatic carbocycles. The maximum absolute atomic E-state index is 3.66. The van der Waals surface area contributed by atoms with Gasteiger partial charge in [0, 0.05) is 11.9 Å². The van der Waals surface area contributed by atoms with Crippen LogP contribution in [0.3, 0.4) is 0 Å². The van der Waals surface area contributed by atoms with Crippen LogP contribution in [0.4, 0.5) is 0 Å². The van der Waals surface area contributed by atoms with Crippen LogP contribution in [0.1, 0.15) is 11.3 Å². The predicted octanol–water partition coefficient (Wildman–Crippen LogP) is 2.05. The molecule has 0 atom stereocenters. The van der Waals surface area contributed by atoms with Crippen LogP contribution in [0.5, 0.6) is 0 Å². The fourth-order valence-corrected chi connectivity index (χ4v) is 0.862. The quantitative estimate of drug-likeness (QED) is 0.576. The van der Waals surface area contributed by atoms with Gasteiger partial charge in [-0.25, -0.2) is 0 Å². The van der Waals surface area contributed by atoms with Crippen LogP contribution in [0.15, 0.2) is 24.9 Å². The molecule has 0 aliphatic carbocycles. The molecule has 0 aliphatic heterocycles. The molecule has 1 heteroatoms. The lowest BCUT2D eigenvalue weighted by molar-refractivity contribution is 1.18. The molecule has 0 fully saturated rings. The number of hydrogen-bond donors (Lipinski definition) is 1. The molecule has 1 rings (SSSR count). The van der Waals surface area contributed by atoms with E-state index in [2.05, 4.69) is 24.6 Å². The highest BCUT2D eigenvalue weighted by Gasteiger charge is 1.92. The normalized spacial score (nSPS) is 9.44. The Hall–Kier alpha value is -0.980. The first-order valence-corrected chi connectivity index (χ1v) is 3.08. The molecule has 1 N–H and O–H groups in total. The fourth-order valence-electron chi connectivity index (χ4n) is 0.862. The Morgan fingerprint density at radius 1 is 1.78 bits per heavy atom. The molecule has 0 amide bonds. The largest absolute Gasteiger partial charge is 0.365 e. The van der Waals surface area contributed by atoms with E-state index in [4.69, 9.17) is 0 Å². The summed E-state index contributed by atoms with van der Waals surface area (Å²) >= 11 is 0. The van der Waals surface area contributed by atoms with E-state index in [1.165, 1.54) is 11.3 Å². The second-order valence-corrected chi connectivity index (χ2v) is 2.12. The molecule has 1 aromatic rings. The van der Waals surface area contributed by atoms with Gasteiger partial charge in [-0.15, -0.1) is 6.58 Å². The zero-order chi connectivity index (χ0) is 6.69. The van der Waals surface area contributed by atoms with Gasteiger partial charge in [-0.1, -0.05) is 6.08 Å².